The minimum Gasteiger partial charge on any atom is -0.489 e. The first kappa shape index (κ1) is 14.4. The molecule has 0 spiro atoms. The monoisotopic (exact) mass is 285 g/mol. The van der Waals surface area contributed by atoms with Crippen LogP contribution in [0, 0.1) is 11.3 Å². The zero-order valence-electron chi connectivity index (χ0n) is 13.0. The minimum atomic E-state index is -0.535. The van der Waals surface area contributed by atoms with Gasteiger partial charge >= 0.3 is 7.12 Å². The first-order valence-corrected chi connectivity index (χ1v) is 7.39. The van der Waals surface area contributed by atoms with Crippen molar-refractivity contribution in [3.63, 3.8) is 0 Å². The lowest BCUT2D eigenvalue weighted by atomic mass is 9.76. The second kappa shape index (κ2) is 4.76. The molecule has 1 saturated heterocycles. The molecular formula is C16H20BNO3. The van der Waals surface area contributed by atoms with E-state index in [-0.39, 0.29) is 6.10 Å². The summed E-state index contributed by atoms with van der Waals surface area (Å²) < 4.78 is 17.9. The average molecular weight is 285 g/mol. The van der Waals surface area contributed by atoms with Gasteiger partial charge in [0.15, 0.2) is 0 Å². The molecule has 0 aromatic heterocycles. The van der Waals surface area contributed by atoms with Crippen molar-refractivity contribution in [1.82, 2.24) is 0 Å². The zero-order chi connectivity index (χ0) is 15.3. The molecule has 4 nitrogen and oxygen atoms in total. The maximum absolute atomic E-state index is 9.51. The molecule has 1 saturated carbocycles. The van der Waals surface area contributed by atoms with E-state index in [1.165, 1.54) is 0 Å². The second-order valence-electron chi connectivity index (χ2n) is 6.74. The van der Waals surface area contributed by atoms with Crippen molar-refractivity contribution >= 4 is 12.6 Å². The molecule has 1 aliphatic heterocycles. The van der Waals surface area contributed by atoms with E-state index in [0.29, 0.717) is 11.3 Å². The van der Waals surface area contributed by atoms with Gasteiger partial charge in [0.05, 0.1) is 22.9 Å². The molecule has 21 heavy (non-hydrogen) atoms. The summed E-state index contributed by atoms with van der Waals surface area (Å²) >= 11 is 0. The van der Waals surface area contributed by atoms with Crippen LogP contribution < -0.4 is 10.2 Å². The van der Waals surface area contributed by atoms with E-state index in [1.54, 1.807) is 0 Å². The van der Waals surface area contributed by atoms with E-state index >= 15 is 0 Å². The van der Waals surface area contributed by atoms with Crippen molar-refractivity contribution in [3.8, 4) is 11.8 Å². The molecule has 1 heterocycles. The molecule has 1 aliphatic carbocycles. The van der Waals surface area contributed by atoms with Gasteiger partial charge in [0.2, 0.25) is 0 Å². The number of nitrogens with zero attached hydrogens (tertiary/aromatic N) is 1. The summed E-state index contributed by atoms with van der Waals surface area (Å²) in [6.07, 6.45) is 2.38. The van der Waals surface area contributed by atoms with E-state index in [0.717, 1.165) is 18.3 Å². The first-order valence-electron chi connectivity index (χ1n) is 7.39. The fraction of sp³-hybridized carbons (Fsp3) is 0.562. The van der Waals surface area contributed by atoms with E-state index in [9.17, 15) is 5.26 Å². The standard InChI is InChI=1S/C16H20BNO3/c1-15(2)16(3,4)21-17(20-15)13-6-5-7-14(12(13)10-18)19-11-8-9-11/h5-7,11H,8-9H2,1-4H3. The van der Waals surface area contributed by atoms with Crippen LogP contribution in [0.4, 0.5) is 0 Å². The van der Waals surface area contributed by atoms with E-state index in [2.05, 4.69) is 6.07 Å². The molecule has 0 atom stereocenters. The summed E-state index contributed by atoms with van der Waals surface area (Å²) in [4.78, 5) is 0. The van der Waals surface area contributed by atoms with Crippen LogP contribution in [-0.4, -0.2) is 24.4 Å². The summed E-state index contributed by atoms with van der Waals surface area (Å²) in [5, 5.41) is 9.51. The molecule has 0 amide bonds. The molecule has 3 rings (SSSR count). The topological polar surface area (TPSA) is 51.5 Å². The molecule has 0 radical (unpaired) electrons. The predicted octanol–water partition coefficient (Wildman–Crippen LogP) is 2.40. The Morgan fingerprint density at radius 2 is 1.81 bits per heavy atom. The van der Waals surface area contributed by atoms with Crippen molar-refractivity contribution in [2.24, 2.45) is 0 Å². The molecule has 0 bridgehead atoms. The molecule has 2 aliphatic rings. The van der Waals surface area contributed by atoms with Crippen LogP contribution in [-0.2, 0) is 9.31 Å². The van der Waals surface area contributed by atoms with Crippen LogP contribution in [0.5, 0.6) is 5.75 Å². The Labute approximate surface area is 126 Å². The number of rotatable bonds is 3. The zero-order valence-corrected chi connectivity index (χ0v) is 13.0. The van der Waals surface area contributed by atoms with E-state index in [1.807, 2.05) is 45.9 Å². The number of nitriles is 1. The quantitative estimate of drug-likeness (QED) is 0.800. The van der Waals surface area contributed by atoms with Crippen LogP contribution in [0.1, 0.15) is 46.1 Å². The van der Waals surface area contributed by atoms with Crippen LogP contribution in [0.3, 0.4) is 0 Å². The smallest absolute Gasteiger partial charge is 0.489 e. The number of benzene rings is 1. The van der Waals surface area contributed by atoms with E-state index in [4.69, 9.17) is 14.0 Å². The van der Waals surface area contributed by atoms with Gasteiger partial charge in [-0.05, 0) is 46.6 Å². The van der Waals surface area contributed by atoms with Gasteiger partial charge in [0.1, 0.15) is 11.8 Å². The lowest BCUT2D eigenvalue weighted by molar-refractivity contribution is 0.00578. The Bertz CT molecular complexity index is 586. The Balaban J connectivity index is 1.94. The second-order valence-corrected chi connectivity index (χ2v) is 6.74. The maximum atomic E-state index is 9.51. The van der Waals surface area contributed by atoms with Crippen molar-refractivity contribution in [2.45, 2.75) is 57.8 Å². The van der Waals surface area contributed by atoms with Crippen molar-refractivity contribution in [2.75, 3.05) is 0 Å². The third kappa shape index (κ3) is 2.54. The first-order chi connectivity index (χ1) is 9.84. The SMILES string of the molecule is CC1(C)OB(c2cccc(OC3CC3)c2C#N)OC1(C)C. The Kier molecular flexibility index (Phi) is 3.27. The third-order valence-electron chi connectivity index (χ3n) is 4.50. The molecular weight excluding hydrogens is 265 g/mol. The average Bonchev–Trinajstić information content (AvgIpc) is 3.17. The van der Waals surface area contributed by atoms with Crippen LogP contribution in [0.15, 0.2) is 18.2 Å². The highest BCUT2D eigenvalue weighted by molar-refractivity contribution is 6.63. The van der Waals surface area contributed by atoms with Crippen molar-refractivity contribution < 1.29 is 14.0 Å². The molecule has 5 heteroatoms. The number of hydrogen-bond donors (Lipinski definition) is 0. The highest BCUT2D eigenvalue weighted by Gasteiger charge is 2.52. The van der Waals surface area contributed by atoms with Gasteiger partial charge in [0.25, 0.3) is 0 Å². The number of ether oxygens (including phenoxy) is 1. The summed E-state index contributed by atoms with van der Waals surface area (Å²) in [5.74, 6) is 0.632. The van der Waals surface area contributed by atoms with Gasteiger partial charge in [-0.1, -0.05) is 12.1 Å². The van der Waals surface area contributed by atoms with Gasteiger partial charge in [-0.25, -0.2) is 0 Å². The number of hydrogen-bond acceptors (Lipinski definition) is 4. The Morgan fingerprint density at radius 1 is 1.19 bits per heavy atom. The molecule has 2 fully saturated rings. The van der Waals surface area contributed by atoms with E-state index < -0.39 is 18.3 Å². The highest BCUT2D eigenvalue weighted by Crippen LogP contribution is 2.37. The summed E-state index contributed by atoms with van der Waals surface area (Å²) in [6, 6.07) is 7.85. The fourth-order valence-electron chi connectivity index (χ4n) is 2.30. The fourth-order valence-corrected chi connectivity index (χ4v) is 2.30. The normalized spacial score (nSPS) is 22.9. The Morgan fingerprint density at radius 3 is 2.33 bits per heavy atom. The van der Waals surface area contributed by atoms with Crippen LogP contribution >= 0.6 is 0 Å². The lowest BCUT2D eigenvalue weighted by Crippen LogP contribution is -2.41. The summed E-state index contributed by atoms with van der Waals surface area (Å²) in [5.41, 5.74) is 0.423. The largest absolute Gasteiger partial charge is 0.496 e. The van der Waals surface area contributed by atoms with Gasteiger partial charge in [-0.3, -0.25) is 0 Å². The van der Waals surface area contributed by atoms with Gasteiger partial charge < -0.3 is 14.0 Å². The third-order valence-corrected chi connectivity index (χ3v) is 4.50. The Hall–Kier alpha value is -1.51. The molecule has 0 N–H and O–H groups in total. The van der Waals surface area contributed by atoms with Gasteiger partial charge in [-0.15, -0.1) is 0 Å². The molecule has 110 valence electrons. The maximum Gasteiger partial charge on any atom is 0.496 e. The van der Waals surface area contributed by atoms with Gasteiger partial charge in [0, 0.05) is 5.46 Å². The van der Waals surface area contributed by atoms with Crippen molar-refractivity contribution in [1.29, 1.82) is 5.26 Å². The summed E-state index contributed by atoms with van der Waals surface area (Å²) in [7, 11) is -0.535. The van der Waals surface area contributed by atoms with Crippen LogP contribution in [0.2, 0.25) is 0 Å². The lowest BCUT2D eigenvalue weighted by Gasteiger charge is -2.32. The highest BCUT2D eigenvalue weighted by atomic mass is 16.7. The van der Waals surface area contributed by atoms with Gasteiger partial charge in [-0.2, -0.15) is 5.26 Å². The molecule has 1 aromatic rings. The van der Waals surface area contributed by atoms with Crippen molar-refractivity contribution in [3.05, 3.63) is 23.8 Å². The molecule has 0 unspecified atom stereocenters. The predicted molar refractivity (Wildman–Crippen MR) is 80.5 cm³/mol. The van der Waals surface area contributed by atoms with Crippen LogP contribution in [0.25, 0.3) is 0 Å². The minimum absolute atomic E-state index is 0.255. The summed E-state index contributed by atoms with van der Waals surface area (Å²) in [6.45, 7) is 8.01. The molecule has 1 aromatic carbocycles.